The maximum Gasteiger partial charge on any atom is 0.00669 e. The third kappa shape index (κ3) is 3.43. The average Bonchev–Trinajstić information content (AvgIpc) is 1.91. The number of piperidine rings is 1. The average molecular weight is 164 g/mol. The SMILES string of the molecule is CCC[C@@H]1CCCCN1.Cl. The summed E-state index contributed by atoms with van der Waals surface area (Å²) in [6.07, 6.45) is 6.95. The van der Waals surface area contributed by atoms with E-state index < -0.39 is 0 Å². The Hall–Kier alpha value is 0.250. The fourth-order valence-corrected chi connectivity index (χ4v) is 1.52. The Morgan fingerprint density at radius 3 is 2.70 bits per heavy atom. The van der Waals surface area contributed by atoms with Crippen LogP contribution in [0.25, 0.3) is 0 Å². The zero-order valence-corrected chi connectivity index (χ0v) is 7.54. The van der Waals surface area contributed by atoms with Crippen LogP contribution >= 0.6 is 12.4 Å². The quantitative estimate of drug-likeness (QED) is 0.659. The highest BCUT2D eigenvalue weighted by Gasteiger charge is 2.09. The van der Waals surface area contributed by atoms with Crippen molar-refractivity contribution in [3.05, 3.63) is 0 Å². The molecule has 1 atom stereocenters. The van der Waals surface area contributed by atoms with Crippen LogP contribution in [-0.2, 0) is 0 Å². The van der Waals surface area contributed by atoms with Gasteiger partial charge < -0.3 is 5.32 Å². The van der Waals surface area contributed by atoms with Crippen LogP contribution in [0.3, 0.4) is 0 Å². The fraction of sp³-hybridized carbons (Fsp3) is 1.00. The minimum absolute atomic E-state index is 0. The van der Waals surface area contributed by atoms with Gasteiger partial charge in [-0.3, -0.25) is 0 Å². The molecule has 0 unspecified atom stereocenters. The second kappa shape index (κ2) is 5.99. The predicted molar refractivity (Wildman–Crippen MR) is 47.8 cm³/mol. The molecule has 1 aliphatic rings. The molecule has 0 aromatic rings. The van der Waals surface area contributed by atoms with Crippen LogP contribution in [0, 0.1) is 0 Å². The van der Waals surface area contributed by atoms with Crippen molar-refractivity contribution in [3.8, 4) is 0 Å². The van der Waals surface area contributed by atoms with Crippen LogP contribution in [0.2, 0.25) is 0 Å². The van der Waals surface area contributed by atoms with Gasteiger partial charge in [-0.15, -0.1) is 12.4 Å². The summed E-state index contributed by atoms with van der Waals surface area (Å²) in [4.78, 5) is 0. The van der Waals surface area contributed by atoms with Crippen molar-refractivity contribution in [3.63, 3.8) is 0 Å². The van der Waals surface area contributed by atoms with Gasteiger partial charge >= 0.3 is 0 Å². The molecule has 0 radical (unpaired) electrons. The van der Waals surface area contributed by atoms with Gasteiger partial charge in [0.05, 0.1) is 0 Å². The second-order valence-corrected chi connectivity index (χ2v) is 2.94. The zero-order valence-electron chi connectivity index (χ0n) is 6.73. The molecule has 0 aliphatic carbocycles. The maximum atomic E-state index is 3.52. The first kappa shape index (κ1) is 10.2. The number of hydrogen-bond donors (Lipinski definition) is 1. The van der Waals surface area contributed by atoms with Gasteiger partial charge in [-0.2, -0.15) is 0 Å². The molecule has 2 heteroatoms. The van der Waals surface area contributed by atoms with Gasteiger partial charge in [0.1, 0.15) is 0 Å². The van der Waals surface area contributed by atoms with Gasteiger partial charge in [-0.05, 0) is 25.8 Å². The summed E-state index contributed by atoms with van der Waals surface area (Å²) in [6.45, 7) is 3.51. The lowest BCUT2D eigenvalue weighted by Crippen LogP contribution is -2.33. The normalized spacial score (nSPS) is 25.5. The lowest BCUT2D eigenvalue weighted by atomic mass is 10.0. The van der Waals surface area contributed by atoms with Crippen LogP contribution < -0.4 is 5.32 Å². The third-order valence-electron chi connectivity index (χ3n) is 2.05. The first-order chi connectivity index (χ1) is 4.43. The summed E-state index contributed by atoms with van der Waals surface area (Å²) in [5, 5.41) is 3.52. The van der Waals surface area contributed by atoms with Gasteiger partial charge in [0, 0.05) is 6.04 Å². The van der Waals surface area contributed by atoms with Crippen molar-refractivity contribution in [1.82, 2.24) is 5.32 Å². The van der Waals surface area contributed by atoms with E-state index in [4.69, 9.17) is 0 Å². The van der Waals surface area contributed by atoms with E-state index >= 15 is 0 Å². The molecule has 1 heterocycles. The number of rotatable bonds is 2. The summed E-state index contributed by atoms with van der Waals surface area (Å²) >= 11 is 0. The largest absolute Gasteiger partial charge is 0.314 e. The van der Waals surface area contributed by atoms with Gasteiger partial charge in [0.2, 0.25) is 0 Å². The summed E-state index contributed by atoms with van der Waals surface area (Å²) in [5.41, 5.74) is 0. The first-order valence-corrected chi connectivity index (χ1v) is 4.17. The van der Waals surface area contributed by atoms with Crippen LogP contribution in [0.15, 0.2) is 0 Å². The van der Waals surface area contributed by atoms with Crippen LogP contribution in [0.4, 0.5) is 0 Å². The van der Waals surface area contributed by atoms with Gasteiger partial charge in [-0.1, -0.05) is 19.8 Å². The van der Waals surface area contributed by atoms with E-state index in [1.165, 1.54) is 38.6 Å². The van der Waals surface area contributed by atoms with E-state index in [9.17, 15) is 0 Å². The molecule has 1 rings (SSSR count). The van der Waals surface area contributed by atoms with Crippen LogP contribution in [-0.4, -0.2) is 12.6 Å². The Morgan fingerprint density at radius 2 is 2.20 bits per heavy atom. The standard InChI is InChI=1S/C8H17N.ClH/c1-2-5-8-6-3-4-7-9-8;/h8-9H,2-7H2,1H3;1H/t8-;/m1./s1. The van der Waals surface area contributed by atoms with Crippen LogP contribution in [0.5, 0.6) is 0 Å². The molecule has 1 aliphatic heterocycles. The van der Waals surface area contributed by atoms with Gasteiger partial charge in [0.25, 0.3) is 0 Å². The first-order valence-electron chi connectivity index (χ1n) is 4.17. The maximum absolute atomic E-state index is 3.52. The highest BCUT2D eigenvalue weighted by molar-refractivity contribution is 5.85. The van der Waals surface area contributed by atoms with E-state index in [-0.39, 0.29) is 12.4 Å². The Labute approximate surface area is 70.0 Å². The molecule has 1 N–H and O–H groups in total. The molecule has 0 bridgehead atoms. The third-order valence-corrected chi connectivity index (χ3v) is 2.05. The number of halogens is 1. The van der Waals surface area contributed by atoms with Gasteiger partial charge in [-0.25, -0.2) is 0 Å². The van der Waals surface area contributed by atoms with E-state index in [0.717, 1.165) is 6.04 Å². The Bertz CT molecular complexity index is 66.9. The Balaban J connectivity index is 0.000000810. The molecule has 10 heavy (non-hydrogen) atoms. The smallest absolute Gasteiger partial charge is 0.00669 e. The van der Waals surface area contributed by atoms with E-state index in [2.05, 4.69) is 12.2 Å². The summed E-state index contributed by atoms with van der Waals surface area (Å²) < 4.78 is 0. The minimum atomic E-state index is 0. The highest BCUT2D eigenvalue weighted by Crippen LogP contribution is 2.10. The number of nitrogens with one attached hydrogen (secondary N) is 1. The molecule has 1 saturated heterocycles. The molecule has 0 saturated carbocycles. The van der Waals surface area contributed by atoms with Crippen molar-refractivity contribution < 1.29 is 0 Å². The molecular weight excluding hydrogens is 146 g/mol. The summed E-state index contributed by atoms with van der Waals surface area (Å²) in [6, 6.07) is 0.851. The highest BCUT2D eigenvalue weighted by atomic mass is 35.5. The fourth-order valence-electron chi connectivity index (χ4n) is 1.52. The van der Waals surface area contributed by atoms with Crippen molar-refractivity contribution in [1.29, 1.82) is 0 Å². The molecule has 0 spiro atoms. The monoisotopic (exact) mass is 163 g/mol. The van der Waals surface area contributed by atoms with Crippen molar-refractivity contribution in [2.45, 2.75) is 45.1 Å². The lowest BCUT2D eigenvalue weighted by Gasteiger charge is -2.22. The molecule has 0 amide bonds. The molecule has 0 aromatic carbocycles. The summed E-state index contributed by atoms with van der Waals surface area (Å²) in [5.74, 6) is 0. The summed E-state index contributed by atoms with van der Waals surface area (Å²) in [7, 11) is 0. The zero-order chi connectivity index (χ0) is 6.53. The molecule has 1 fully saturated rings. The van der Waals surface area contributed by atoms with Crippen molar-refractivity contribution in [2.75, 3.05) is 6.54 Å². The van der Waals surface area contributed by atoms with E-state index in [1.807, 2.05) is 0 Å². The molecule has 1 nitrogen and oxygen atoms in total. The van der Waals surface area contributed by atoms with Gasteiger partial charge in [0.15, 0.2) is 0 Å². The lowest BCUT2D eigenvalue weighted by molar-refractivity contribution is 0.380. The predicted octanol–water partition coefficient (Wildman–Crippen LogP) is 2.35. The van der Waals surface area contributed by atoms with Crippen molar-refractivity contribution in [2.24, 2.45) is 0 Å². The van der Waals surface area contributed by atoms with Crippen LogP contribution in [0.1, 0.15) is 39.0 Å². The second-order valence-electron chi connectivity index (χ2n) is 2.94. The molecular formula is C8H18ClN. The Kier molecular flexibility index (Phi) is 6.14. The molecule has 62 valence electrons. The Morgan fingerprint density at radius 1 is 1.40 bits per heavy atom. The van der Waals surface area contributed by atoms with E-state index in [1.54, 1.807) is 0 Å². The minimum Gasteiger partial charge on any atom is -0.314 e. The van der Waals surface area contributed by atoms with Crippen molar-refractivity contribution >= 4 is 12.4 Å². The topological polar surface area (TPSA) is 12.0 Å². The molecule has 0 aromatic heterocycles. The van der Waals surface area contributed by atoms with E-state index in [0.29, 0.717) is 0 Å². The number of hydrogen-bond acceptors (Lipinski definition) is 1.